The Labute approximate surface area is 98.9 Å². The molecule has 0 aliphatic heterocycles. The molecule has 0 unspecified atom stereocenters. The third-order valence-electron chi connectivity index (χ3n) is 2.42. The largest absolute Gasteiger partial charge is 0.325 e. The van der Waals surface area contributed by atoms with Gasteiger partial charge >= 0.3 is 0 Å². The highest BCUT2D eigenvalue weighted by Crippen LogP contribution is 2.02. The summed E-state index contributed by atoms with van der Waals surface area (Å²) in [5.41, 5.74) is 8.01. The number of nitrogens with two attached hydrogens (primary N) is 1. The average molecular weight is 230 g/mol. The molecule has 0 aromatic carbocycles. The van der Waals surface area contributed by atoms with Gasteiger partial charge in [0.05, 0.1) is 17.9 Å². The first-order valence-electron chi connectivity index (χ1n) is 5.37. The molecule has 2 aromatic heterocycles. The summed E-state index contributed by atoms with van der Waals surface area (Å²) < 4.78 is 1.44. The number of aryl methyl sites for hydroxylation is 1. The van der Waals surface area contributed by atoms with Crippen molar-refractivity contribution in [1.29, 1.82) is 0 Å². The fourth-order valence-electron chi connectivity index (χ4n) is 1.58. The Bertz CT molecular complexity index is 577. The van der Waals surface area contributed by atoms with E-state index in [2.05, 4.69) is 10.1 Å². The van der Waals surface area contributed by atoms with Gasteiger partial charge in [-0.25, -0.2) is 4.68 Å². The van der Waals surface area contributed by atoms with Crippen molar-refractivity contribution in [2.75, 3.05) is 0 Å². The lowest BCUT2D eigenvalue weighted by atomic mass is 10.2. The number of rotatable bonds is 3. The van der Waals surface area contributed by atoms with Crippen LogP contribution >= 0.6 is 0 Å². The van der Waals surface area contributed by atoms with E-state index in [4.69, 9.17) is 5.73 Å². The van der Waals surface area contributed by atoms with Crippen LogP contribution in [-0.4, -0.2) is 14.8 Å². The summed E-state index contributed by atoms with van der Waals surface area (Å²) in [6.07, 6.45) is 1.69. The van der Waals surface area contributed by atoms with E-state index >= 15 is 0 Å². The molecule has 0 atom stereocenters. The standard InChI is InChI=1S/C12H14N4O/c1-9-2-3-12(17)16(15-9)8-10-4-5-14-11(6-10)7-13/h2-6H,7-8,13H2,1H3. The number of nitrogens with zero attached hydrogens (tertiary/aromatic N) is 3. The van der Waals surface area contributed by atoms with Crippen LogP contribution in [0.3, 0.4) is 0 Å². The van der Waals surface area contributed by atoms with E-state index in [1.165, 1.54) is 10.7 Å². The molecule has 0 aliphatic carbocycles. The van der Waals surface area contributed by atoms with Crippen molar-refractivity contribution in [3.63, 3.8) is 0 Å². The summed E-state index contributed by atoms with van der Waals surface area (Å²) in [6.45, 7) is 2.69. The number of hydrogen-bond acceptors (Lipinski definition) is 4. The molecule has 0 radical (unpaired) electrons. The molecule has 0 amide bonds. The van der Waals surface area contributed by atoms with Gasteiger partial charge in [-0.1, -0.05) is 0 Å². The van der Waals surface area contributed by atoms with Gasteiger partial charge in [0.1, 0.15) is 0 Å². The minimum Gasteiger partial charge on any atom is -0.325 e. The van der Waals surface area contributed by atoms with Gasteiger partial charge in [0.2, 0.25) is 0 Å². The first kappa shape index (κ1) is 11.5. The SMILES string of the molecule is Cc1ccc(=O)n(Cc2ccnc(CN)c2)n1. The Morgan fingerprint density at radius 3 is 2.94 bits per heavy atom. The maximum atomic E-state index is 11.6. The summed E-state index contributed by atoms with van der Waals surface area (Å²) in [5.74, 6) is 0. The molecule has 0 bridgehead atoms. The molecule has 0 saturated carbocycles. The lowest BCUT2D eigenvalue weighted by molar-refractivity contribution is 0.627. The molecule has 2 aromatic rings. The van der Waals surface area contributed by atoms with Crippen molar-refractivity contribution in [1.82, 2.24) is 14.8 Å². The Kier molecular flexibility index (Phi) is 3.30. The van der Waals surface area contributed by atoms with Gasteiger partial charge in [-0.2, -0.15) is 5.10 Å². The van der Waals surface area contributed by atoms with E-state index in [0.29, 0.717) is 13.1 Å². The minimum absolute atomic E-state index is 0.110. The Hall–Kier alpha value is -2.01. The molecule has 5 heteroatoms. The van der Waals surface area contributed by atoms with Crippen molar-refractivity contribution in [2.45, 2.75) is 20.0 Å². The fraction of sp³-hybridized carbons (Fsp3) is 0.250. The van der Waals surface area contributed by atoms with Crippen LogP contribution in [0.15, 0.2) is 35.3 Å². The van der Waals surface area contributed by atoms with Crippen LogP contribution in [-0.2, 0) is 13.1 Å². The second-order valence-electron chi connectivity index (χ2n) is 3.83. The Morgan fingerprint density at radius 2 is 2.18 bits per heavy atom. The third-order valence-corrected chi connectivity index (χ3v) is 2.42. The normalized spacial score (nSPS) is 10.5. The fourth-order valence-corrected chi connectivity index (χ4v) is 1.58. The first-order chi connectivity index (χ1) is 8.19. The van der Waals surface area contributed by atoms with Crippen LogP contribution in [0.4, 0.5) is 0 Å². The summed E-state index contributed by atoms with van der Waals surface area (Å²) in [4.78, 5) is 15.7. The lowest BCUT2D eigenvalue weighted by Crippen LogP contribution is -2.23. The van der Waals surface area contributed by atoms with Crippen LogP contribution in [0.25, 0.3) is 0 Å². The Morgan fingerprint density at radius 1 is 1.35 bits per heavy atom. The molecule has 0 saturated heterocycles. The van der Waals surface area contributed by atoms with Crippen LogP contribution in [0.5, 0.6) is 0 Å². The average Bonchev–Trinajstić information content (AvgIpc) is 2.34. The predicted octanol–water partition coefficient (Wildman–Crippen LogP) is 0.454. The second-order valence-corrected chi connectivity index (χ2v) is 3.83. The molecule has 88 valence electrons. The zero-order chi connectivity index (χ0) is 12.3. The highest BCUT2D eigenvalue weighted by molar-refractivity contribution is 5.16. The third kappa shape index (κ3) is 2.76. The maximum Gasteiger partial charge on any atom is 0.267 e. The second kappa shape index (κ2) is 4.88. The molecular formula is C12H14N4O. The van der Waals surface area contributed by atoms with Gasteiger partial charge in [-0.3, -0.25) is 9.78 Å². The van der Waals surface area contributed by atoms with Crippen molar-refractivity contribution in [2.24, 2.45) is 5.73 Å². The van der Waals surface area contributed by atoms with Gasteiger partial charge in [0.25, 0.3) is 5.56 Å². The van der Waals surface area contributed by atoms with Gasteiger partial charge in [0.15, 0.2) is 0 Å². The summed E-state index contributed by atoms with van der Waals surface area (Å²) >= 11 is 0. The van der Waals surface area contributed by atoms with E-state index in [-0.39, 0.29) is 5.56 Å². The summed E-state index contributed by atoms with van der Waals surface area (Å²) in [6, 6.07) is 6.97. The number of hydrogen-bond donors (Lipinski definition) is 1. The van der Waals surface area contributed by atoms with Crippen LogP contribution in [0, 0.1) is 6.92 Å². The van der Waals surface area contributed by atoms with Crippen LogP contribution < -0.4 is 11.3 Å². The Balaban J connectivity index is 2.31. The van der Waals surface area contributed by atoms with E-state index in [9.17, 15) is 4.79 Å². The van der Waals surface area contributed by atoms with E-state index in [1.54, 1.807) is 12.3 Å². The number of aromatic nitrogens is 3. The topological polar surface area (TPSA) is 73.8 Å². The zero-order valence-corrected chi connectivity index (χ0v) is 9.63. The van der Waals surface area contributed by atoms with E-state index in [1.807, 2.05) is 19.1 Å². The molecule has 2 N–H and O–H groups in total. The molecule has 17 heavy (non-hydrogen) atoms. The van der Waals surface area contributed by atoms with Gasteiger partial charge in [0, 0.05) is 18.8 Å². The van der Waals surface area contributed by atoms with Gasteiger partial charge < -0.3 is 5.73 Å². The minimum atomic E-state index is -0.110. The molecule has 0 aliphatic rings. The highest BCUT2D eigenvalue weighted by atomic mass is 16.1. The molecule has 2 rings (SSSR count). The van der Waals surface area contributed by atoms with Gasteiger partial charge in [-0.05, 0) is 30.7 Å². The summed E-state index contributed by atoms with van der Waals surface area (Å²) in [7, 11) is 0. The highest BCUT2D eigenvalue weighted by Gasteiger charge is 2.01. The monoisotopic (exact) mass is 230 g/mol. The molecule has 0 spiro atoms. The molecule has 0 fully saturated rings. The molecular weight excluding hydrogens is 216 g/mol. The number of pyridine rings is 1. The van der Waals surface area contributed by atoms with Crippen molar-refractivity contribution >= 4 is 0 Å². The van der Waals surface area contributed by atoms with E-state index in [0.717, 1.165) is 17.0 Å². The van der Waals surface area contributed by atoms with Gasteiger partial charge in [-0.15, -0.1) is 0 Å². The first-order valence-corrected chi connectivity index (χ1v) is 5.37. The van der Waals surface area contributed by atoms with Crippen LogP contribution in [0.2, 0.25) is 0 Å². The molecule has 5 nitrogen and oxygen atoms in total. The lowest BCUT2D eigenvalue weighted by Gasteiger charge is -2.06. The quantitative estimate of drug-likeness (QED) is 0.831. The zero-order valence-electron chi connectivity index (χ0n) is 9.63. The van der Waals surface area contributed by atoms with Crippen molar-refractivity contribution < 1.29 is 0 Å². The van der Waals surface area contributed by atoms with Crippen LogP contribution in [0.1, 0.15) is 17.0 Å². The summed E-state index contributed by atoms with van der Waals surface area (Å²) in [5, 5.41) is 4.18. The predicted molar refractivity (Wildman–Crippen MR) is 64.5 cm³/mol. The molecule has 2 heterocycles. The smallest absolute Gasteiger partial charge is 0.267 e. The maximum absolute atomic E-state index is 11.6. The van der Waals surface area contributed by atoms with Crippen molar-refractivity contribution in [3.05, 3.63) is 57.8 Å². The van der Waals surface area contributed by atoms with Crippen molar-refractivity contribution in [3.8, 4) is 0 Å². The van der Waals surface area contributed by atoms with E-state index < -0.39 is 0 Å².